The zero-order valence-corrected chi connectivity index (χ0v) is 19.6. The van der Waals surface area contributed by atoms with Crippen LogP contribution < -0.4 is 10.1 Å². The number of aromatic nitrogens is 2. The summed E-state index contributed by atoms with van der Waals surface area (Å²) in [4.78, 5) is 17.1. The van der Waals surface area contributed by atoms with Crippen molar-refractivity contribution in [2.45, 2.75) is 45.7 Å². The van der Waals surface area contributed by atoms with Crippen molar-refractivity contribution < 1.29 is 13.9 Å². The topological polar surface area (TPSA) is 56.1 Å². The molecule has 0 unspecified atom stereocenters. The Kier molecular flexibility index (Phi) is 7.58. The second-order valence-corrected chi connectivity index (χ2v) is 8.61. The van der Waals surface area contributed by atoms with Crippen molar-refractivity contribution >= 4 is 16.9 Å². The first-order valence-corrected chi connectivity index (χ1v) is 11.7. The smallest absolute Gasteiger partial charge is 0.254 e. The van der Waals surface area contributed by atoms with E-state index in [1.807, 2.05) is 36.4 Å². The second kappa shape index (κ2) is 11.0. The lowest BCUT2D eigenvalue weighted by molar-refractivity contribution is 0.0945. The third-order valence-electron chi connectivity index (χ3n) is 5.85. The molecule has 1 amide bonds. The van der Waals surface area contributed by atoms with Gasteiger partial charge in [-0.2, -0.15) is 0 Å². The number of benzene rings is 3. The number of carbonyl (C=O) groups is 1. The number of hydrogen-bond acceptors (Lipinski definition) is 3. The quantitative estimate of drug-likeness (QED) is 0.292. The predicted octanol–water partition coefficient (Wildman–Crippen LogP) is 6.09. The molecule has 0 aliphatic heterocycles. The van der Waals surface area contributed by atoms with Gasteiger partial charge in [-0.15, -0.1) is 0 Å². The molecule has 3 aromatic carbocycles. The normalized spacial score (nSPS) is 11.2. The van der Waals surface area contributed by atoms with Crippen LogP contribution in [0, 0.1) is 5.82 Å². The summed E-state index contributed by atoms with van der Waals surface area (Å²) in [6, 6.07) is 22.1. The maximum absolute atomic E-state index is 13.9. The van der Waals surface area contributed by atoms with Crippen molar-refractivity contribution in [1.82, 2.24) is 14.9 Å². The third kappa shape index (κ3) is 5.63. The molecule has 0 saturated heterocycles. The number of fused-ring (bicyclic) bond motifs is 1. The molecule has 4 rings (SSSR count). The Morgan fingerprint density at radius 2 is 1.74 bits per heavy atom. The summed E-state index contributed by atoms with van der Waals surface area (Å²) in [5, 5.41) is 2.81. The minimum Gasteiger partial charge on any atom is -0.494 e. The van der Waals surface area contributed by atoms with E-state index in [0.717, 1.165) is 42.0 Å². The lowest BCUT2D eigenvalue weighted by Gasteiger charge is -2.12. The van der Waals surface area contributed by atoms with E-state index < -0.39 is 11.7 Å². The van der Waals surface area contributed by atoms with Crippen molar-refractivity contribution in [3.8, 4) is 5.75 Å². The van der Waals surface area contributed by atoms with Crippen LogP contribution in [0.15, 0.2) is 72.8 Å². The first kappa shape index (κ1) is 23.5. The fourth-order valence-electron chi connectivity index (χ4n) is 3.92. The van der Waals surface area contributed by atoms with Crippen LogP contribution in [0.4, 0.5) is 4.39 Å². The van der Waals surface area contributed by atoms with Crippen LogP contribution in [0.25, 0.3) is 11.0 Å². The van der Waals surface area contributed by atoms with Gasteiger partial charge in [0.1, 0.15) is 17.4 Å². The molecule has 6 heteroatoms. The number of hydrogen-bond donors (Lipinski definition) is 1. The molecule has 0 spiro atoms. The fraction of sp³-hybridized carbons (Fsp3) is 0.286. The van der Waals surface area contributed by atoms with E-state index in [4.69, 9.17) is 9.72 Å². The molecule has 0 saturated carbocycles. The molecule has 0 atom stereocenters. The molecular formula is C28H30FN3O2. The van der Waals surface area contributed by atoms with Gasteiger partial charge in [-0.3, -0.25) is 4.79 Å². The molecule has 0 aliphatic carbocycles. The Bertz CT molecular complexity index is 1250. The van der Waals surface area contributed by atoms with E-state index in [1.165, 1.54) is 17.7 Å². The van der Waals surface area contributed by atoms with E-state index >= 15 is 0 Å². The number of nitrogens with one attached hydrogen (secondary N) is 1. The number of para-hydroxylation sites is 2. The Morgan fingerprint density at radius 3 is 2.50 bits per heavy atom. The monoisotopic (exact) mass is 459 g/mol. The first-order valence-electron chi connectivity index (χ1n) is 11.7. The van der Waals surface area contributed by atoms with Gasteiger partial charge < -0.3 is 14.6 Å². The van der Waals surface area contributed by atoms with Gasteiger partial charge in [0, 0.05) is 6.54 Å². The lowest BCUT2D eigenvalue weighted by Crippen LogP contribution is -2.25. The molecule has 0 fully saturated rings. The number of unbranched alkanes of at least 4 members (excludes halogenated alkanes) is 1. The number of rotatable bonds is 10. The van der Waals surface area contributed by atoms with Gasteiger partial charge in [-0.1, -0.05) is 50.2 Å². The molecule has 34 heavy (non-hydrogen) atoms. The molecule has 0 radical (unpaired) electrons. The van der Waals surface area contributed by atoms with Gasteiger partial charge in [0.15, 0.2) is 0 Å². The van der Waals surface area contributed by atoms with Crippen molar-refractivity contribution in [3.63, 3.8) is 0 Å². The van der Waals surface area contributed by atoms with E-state index in [0.29, 0.717) is 12.5 Å². The van der Waals surface area contributed by atoms with Gasteiger partial charge in [-0.25, -0.2) is 9.37 Å². The minimum absolute atomic E-state index is 0.0312. The minimum atomic E-state index is -0.535. The molecule has 5 nitrogen and oxygen atoms in total. The summed E-state index contributed by atoms with van der Waals surface area (Å²) in [7, 11) is 0. The van der Waals surface area contributed by atoms with Gasteiger partial charge in [0.2, 0.25) is 0 Å². The summed E-state index contributed by atoms with van der Waals surface area (Å²) >= 11 is 0. The van der Waals surface area contributed by atoms with Crippen molar-refractivity contribution in [2.24, 2.45) is 0 Å². The highest BCUT2D eigenvalue weighted by Crippen LogP contribution is 2.20. The number of amides is 1. The number of ether oxygens (including phenoxy) is 1. The summed E-state index contributed by atoms with van der Waals surface area (Å²) in [5.74, 6) is 1.15. The van der Waals surface area contributed by atoms with Crippen LogP contribution in [-0.2, 0) is 13.1 Å². The summed E-state index contributed by atoms with van der Waals surface area (Å²) in [5.41, 5.74) is 3.22. The van der Waals surface area contributed by atoms with Gasteiger partial charge in [-0.05, 0) is 60.7 Å². The largest absolute Gasteiger partial charge is 0.494 e. The second-order valence-electron chi connectivity index (χ2n) is 8.61. The number of halogens is 1. The van der Waals surface area contributed by atoms with Crippen LogP contribution in [0.2, 0.25) is 0 Å². The fourth-order valence-corrected chi connectivity index (χ4v) is 3.92. The molecule has 1 N–H and O–H groups in total. The van der Waals surface area contributed by atoms with Crippen LogP contribution >= 0.6 is 0 Å². The van der Waals surface area contributed by atoms with Crippen LogP contribution in [-0.4, -0.2) is 22.1 Å². The molecule has 4 aromatic rings. The van der Waals surface area contributed by atoms with Crippen molar-refractivity contribution in [3.05, 3.63) is 95.6 Å². The van der Waals surface area contributed by atoms with Crippen molar-refractivity contribution in [1.29, 1.82) is 0 Å². The third-order valence-corrected chi connectivity index (χ3v) is 5.85. The standard InChI is InChI=1S/C28H30FN3O2/c1-20(2)21-13-15-22(16-14-21)34-18-8-7-17-32-26-12-6-5-11-25(26)31-27(32)19-30-28(33)23-9-3-4-10-24(23)29/h3-6,9-16,20H,7-8,17-19H2,1-2H3,(H,30,33). The van der Waals surface area contributed by atoms with Crippen LogP contribution in [0.3, 0.4) is 0 Å². The van der Waals surface area contributed by atoms with E-state index in [9.17, 15) is 9.18 Å². The average molecular weight is 460 g/mol. The summed E-state index contributed by atoms with van der Waals surface area (Å²) < 4.78 is 22.0. The number of carbonyl (C=O) groups excluding carboxylic acids is 1. The van der Waals surface area contributed by atoms with Crippen molar-refractivity contribution in [2.75, 3.05) is 6.61 Å². The Labute approximate surface area is 199 Å². The lowest BCUT2D eigenvalue weighted by atomic mass is 10.0. The predicted molar refractivity (Wildman–Crippen MR) is 133 cm³/mol. The zero-order chi connectivity index (χ0) is 23.9. The van der Waals surface area contributed by atoms with Gasteiger partial charge >= 0.3 is 0 Å². The Hall–Kier alpha value is -3.67. The first-order chi connectivity index (χ1) is 16.5. The zero-order valence-electron chi connectivity index (χ0n) is 19.6. The SMILES string of the molecule is CC(C)c1ccc(OCCCCn2c(CNC(=O)c3ccccc3F)nc3ccccc32)cc1. The summed E-state index contributed by atoms with van der Waals surface area (Å²) in [6.45, 7) is 5.96. The molecule has 176 valence electrons. The van der Waals surface area contributed by atoms with Gasteiger partial charge in [0.25, 0.3) is 5.91 Å². The van der Waals surface area contributed by atoms with Crippen LogP contribution in [0.1, 0.15) is 54.4 Å². The summed E-state index contributed by atoms with van der Waals surface area (Å²) in [6.07, 6.45) is 1.79. The molecule has 1 aromatic heterocycles. The highest BCUT2D eigenvalue weighted by molar-refractivity contribution is 5.94. The number of nitrogens with zero attached hydrogens (tertiary/aromatic N) is 2. The molecule has 1 heterocycles. The number of aryl methyl sites for hydroxylation is 1. The van der Waals surface area contributed by atoms with E-state index in [1.54, 1.807) is 12.1 Å². The van der Waals surface area contributed by atoms with Crippen LogP contribution in [0.5, 0.6) is 5.75 Å². The van der Waals surface area contributed by atoms with E-state index in [-0.39, 0.29) is 12.1 Å². The molecule has 0 bridgehead atoms. The van der Waals surface area contributed by atoms with E-state index in [2.05, 4.69) is 35.9 Å². The molecule has 0 aliphatic rings. The maximum Gasteiger partial charge on any atom is 0.254 e. The average Bonchev–Trinajstić information content (AvgIpc) is 3.20. The highest BCUT2D eigenvalue weighted by atomic mass is 19.1. The Morgan fingerprint density at radius 1 is 1.00 bits per heavy atom. The number of imidazole rings is 1. The maximum atomic E-state index is 13.9. The van der Waals surface area contributed by atoms with Gasteiger partial charge in [0.05, 0.1) is 29.7 Å². The Balaban J connectivity index is 1.35. The molecular weight excluding hydrogens is 429 g/mol. The highest BCUT2D eigenvalue weighted by Gasteiger charge is 2.14.